The number of benzene rings is 1. The number of thiol groups is 1. The maximum atomic E-state index is 12.0. The van der Waals surface area contributed by atoms with Crippen LogP contribution in [0.2, 0.25) is 0 Å². The van der Waals surface area contributed by atoms with Gasteiger partial charge in [-0.3, -0.25) is 4.79 Å². The Morgan fingerprint density at radius 1 is 1.59 bits per heavy atom. The molecule has 7 heteroatoms. The lowest BCUT2D eigenvalue weighted by Gasteiger charge is -2.09. The van der Waals surface area contributed by atoms with Gasteiger partial charge in [-0.15, -0.1) is 12.6 Å². The average Bonchev–Trinajstić information content (AvgIpc) is 2.14. The van der Waals surface area contributed by atoms with Crippen LogP contribution >= 0.6 is 12.6 Å². The maximum Gasteiger partial charge on any atom is 0.387 e. The molecule has 0 aliphatic heterocycles. The van der Waals surface area contributed by atoms with Crippen molar-refractivity contribution in [2.24, 2.45) is 0 Å². The second kappa shape index (κ2) is 5.50. The third-order valence-electron chi connectivity index (χ3n) is 1.85. The molecule has 1 rings (SSSR count). The van der Waals surface area contributed by atoms with E-state index >= 15 is 0 Å². The number of ether oxygens (including phenoxy) is 1. The normalized spacial score (nSPS) is 10.1. The molecule has 0 fully saturated rings. The molecule has 1 aromatic rings. The van der Waals surface area contributed by atoms with Crippen LogP contribution in [0, 0.1) is 11.3 Å². The van der Waals surface area contributed by atoms with E-state index < -0.39 is 19.0 Å². The molecule has 1 aromatic carbocycles. The van der Waals surface area contributed by atoms with Gasteiger partial charge in [-0.2, -0.15) is 14.0 Å². The van der Waals surface area contributed by atoms with Crippen molar-refractivity contribution in [1.29, 1.82) is 5.26 Å². The van der Waals surface area contributed by atoms with E-state index in [-0.39, 0.29) is 21.8 Å². The molecule has 0 atom stereocenters. The minimum atomic E-state index is -3.02. The smallest absolute Gasteiger partial charge is 0.387 e. The lowest BCUT2D eigenvalue weighted by molar-refractivity contribution is -0.136. The number of alkyl halides is 2. The van der Waals surface area contributed by atoms with Gasteiger partial charge >= 0.3 is 12.6 Å². The fourth-order valence-electron chi connectivity index (χ4n) is 1.26. The fourth-order valence-corrected chi connectivity index (χ4v) is 1.58. The molecule has 4 nitrogen and oxygen atoms in total. The number of hydrogen-bond acceptors (Lipinski definition) is 4. The van der Waals surface area contributed by atoms with Crippen LogP contribution in [0.3, 0.4) is 0 Å². The van der Waals surface area contributed by atoms with Crippen molar-refractivity contribution in [1.82, 2.24) is 0 Å². The molecule has 0 saturated carbocycles. The summed E-state index contributed by atoms with van der Waals surface area (Å²) in [4.78, 5) is 10.7. The SMILES string of the molecule is N#Cc1c(S)cc(OC(F)F)cc1CC(=O)O. The Morgan fingerprint density at radius 3 is 2.71 bits per heavy atom. The molecule has 0 aromatic heterocycles. The van der Waals surface area contributed by atoms with Gasteiger partial charge in [0, 0.05) is 4.90 Å². The van der Waals surface area contributed by atoms with E-state index in [2.05, 4.69) is 17.4 Å². The molecule has 0 unspecified atom stereocenters. The summed E-state index contributed by atoms with van der Waals surface area (Å²) < 4.78 is 28.1. The van der Waals surface area contributed by atoms with Crippen molar-refractivity contribution in [2.75, 3.05) is 0 Å². The van der Waals surface area contributed by atoms with Gasteiger partial charge in [0.15, 0.2) is 0 Å². The molecule has 0 radical (unpaired) electrons. The number of halogens is 2. The van der Waals surface area contributed by atoms with Crippen molar-refractivity contribution in [3.05, 3.63) is 23.3 Å². The van der Waals surface area contributed by atoms with Crippen molar-refractivity contribution < 1.29 is 23.4 Å². The van der Waals surface area contributed by atoms with Gasteiger partial charge < -0.3 is 9.84 Å². The molecule has 0 aliphatic carbocycles. The van der Waals surface area contributed by atoms with Gasteiger partial charge in [0.05, 0.1) is 12.0 Å². The summed E-state index contributed by atoms with van der Waals surface area (Å²) in [6.45, 7) is -3.02. The van der Waals surface area contributed by atoms with Crippen LogP contribution in [0.4, 0.5) is 8.78 Å². The number of rotatable bonds is 4. The van der Waals surface area contributed by atoms with Crippen LogP contribution < -0.4 is 4.74 Å². The van der Waals surface area contributed by atoms with Crippen LogP contribution in [0.5, 0.6) is 5.75 Å². The zero-order chi connectivity index (χ0) is 13.0. The van der Waals surface area contributed by atoms with E-state index in [1.807, 2.05) is 0 Å². The first-order chi connectivity index (χ1) is 7.93. The zero-order valence-electron chi connectivity index (χ0n) is 8.35. The molecule has 0 amide bonds. The topological polar surface area (TPSA) is 70.3 Å². The van der Waals surface area contributed by atoms with Crippen LogP contribution in [-0.4, -0.2) is 17.7 Å². The maximum absolute atomic E-state index is 12.0. The molecule has 0 aliphatic rings. The number of nitrogens with zero attached hydrogens (tertiary/aromatic N) is 1. The molecular weight excluding hydrogens is 252 g/mol. The molecule has 0 bridgehead atoms. The third-order valence-corrected chi connectivity index (χ3v) is 2.20. The standard InChI is InChI=1S/C10H7F2NO3S/c11-10(12)16-6-1-5(2-9(14)15)7(4-13)8(17)3-6/h1,3,10,17H,2H2,(H,14,15). The number of carboxylic acids is 1. The molecule has 0 saturated heterocycles. The van der Waals surface area contributed by atoms with Gasteiger partial charge in [-0.05, 0) is 17.7 Å². The van der Waals surface area contributed by atoms with E-state index in [1.54, 1.807) is 6.07 Å². The highest BCUT2D eigenvalue weighted by Crippen LogP contribution is 2.26. The van der Waals surface area contributed by atoms with Crippen molar-refractivity contribution in [3.8, 4) is 11.8 Å². The first-order valence-corrected chi connectivity index (χ1v) is 4.81. The minimum absolute atomic E-state index is 0.0392. The van der Waals surface area contributed by atoms with Crippen LogP contribution in [0.25, 0.3) is 0 Å². The van der Waals surface area contributed by atoms with E-state index in [0.29, 0.717) is 0 Å². The summed E-state index contributed by atoms with van der Waals surface area (Å²) in [6.07, 6.45) is -0.461. The molecule has 0 spiro atoms. The number of aliphatic carboxylic acids is 1. The Balaban J connectivity index is 3.19. The Labute approximate surface area is 101 Å². The van der Waals surface area contributed by atoms with Gasteiger partial charge in [0.25, 0.3) is 0 Å². The summed E-state index contributed by atoms with van der Waals surface area (Å²) >= 11 is 3.92. The molecular formula is C10H7F2NO3S. The Kier molecular flexibility index (Phi) is 4.29. The predicted molar refractivity (Wildman–Crippen MR) is 56.4 cm³/mol. The van der Waals surface area contributed by atoms with Crippen LogP contribution in [0.1, 0.15) is 11.1 Å². The number of hydrogen-bond donors (Lipinski definition) is 2. The fraction of sp³-hybridized carbons (Fsp3) is 0.200. The third kappa shape index (κ3) is 3.60. The lowest BCUT2D eigenvalue weighted by Crippen LogP contribution is -2.06. The number of carboxylic acid groups (broad SMARTS) is 1. The first kappa shape index (κ1) is 13.3. The largest absolute Gasteiger partial charge is 0.481 e. The van der Waals surface area contributed by atoms with Gasteiger partial charge in [0.1, 0.15) is 11.8 Å². The van der Waals surface area contributed by atoms with E-state index in [9.17, 15) is 13.6 Å². The summed E-state index contributed by atoms with van der Waals surface area (Å²) in [5.41, 5.74) is 0.125. The van der Waals surface area contributed by atoms with Crippen molar-refractivity contribution >= 4 is 18.6 Å². The summed E-state index contributed by atoms with van der Waals surface area (Å²) in [5.74, 6) is -1.40. The summed E-state index contributed by atoms with van der Waals surface area (Å²) in [7, 11) is 0. The van der Waals surface area contributed by atoms with Crippen molar-refractivity contribution in [3.63, 3.8) is 0 Å². The second-order valence-electron chi connectivity index (χ2n) is 3.04. The number of carbonyl (C=O) groups is 1. The van der Waals surface area contributed by atoms with E-state index in [4.69, 9.17) is 10.4 Å². The first-order valence-electron chi connectivity index (χ1n) is 4.36. The van der Waals surface area contributed by atoms with E-state index in [0.717, 1.165) is 12.1 Å². The molecule has 0 heterocycles. The van der Waals surface area contributed by atoms with Gasteiger partial charge in [0.2, 0.25) is 0 Å². The Bertz CT molecular complexity index is 485. The van der Waals surface area contributed by atoms with E-state index in [1.165, 1.54) is 0 Å². The average molecular weight is 259 g/mol. The van der Waals surface area contributed by atoms with Gasteiger partial charge in [-0.25, -0.2) is 0 Å². The quantitative estimate of drug-likeness (QED) is 0.812. The van der Waals surface area contributed by atoms with Crippen LogP contribution in [0.15, 0.2) is 17.0 Å². The predicted octanol–water partition coefficient (Wildman–Crippen LogP) is 2.08. The zero-order valence-corrected chi connectivity index (χ0v) is 9.25. The summed E-state index contributed by atoms with van der Waals surface area (Å²) in [6, 6.07) is 4.00. The molecule has 90 valence electrons. The number of nitriles is 1. The molecule has 17 heavy (non-hydrogen) atoms. The van der Waals surface area contributed by atoms with Crippen LogP contribution in [-0.2, 0) is 11.2 Å². The highest BCUT2D eigenvalue weighted by molar-refractivity contribution is 7.80. The Morgan fingerprint density at radius 2 is 2.24 bits per heavy atom. The Hall–Kier alpha value is -1.81. The van der Waals surface area contributed by atoms with Crippen molar-refractivity contribution in [2.45, 2.75) is 17.9 Å². The highest BCUT2D eigenvalue weighted by atomic mass is 32.1. The monoisotopic (exact) mass is 259 g/mol. The van der Waals surface area contributed by atoms with Gasteiger partial charge in [-0.1, -0.05) is 0 Å². The highest BCUT2D eigenvalue weighted by Gasteiger charge is 2.14. The molecule has 1 N–H and O–H groups in total. The second-order valence-corrected chi connectivity index (χ2v) is 3.52. The summed E-state index contributed by atoms with van der Waals surface area (Å²) in [5, 5.41) is 17.4. The minimum Gasteiger partial charge on any atom is -0.481 e. The lowest BCUT2D eigenvalue weighted by atomic mass is 10.1.